The second-order valence-electron chi connectivity index (χ2n) is 4.63. The Hall–Kier alpha value is -1.26. The predicted octanol–water partition coefficient (Wildman–Crippen LogP) is 1.77. The summed E-state index contributed by atoms with van der Waals surface area (Å²) in [6.07, 6.45) is 3.60. The van der Waals surface area contributed by atoms with Crippen molar-refractivity contribution in [1.82, 2.24) is 10.2 Å². The molecular formula is C13H24N2O3. The van der Waals surface area contributed by atoms with Crippen molar-refractivity contribution in [2.45, 2.75) is 39.5 Å². The standard InChI is InChI=1S/C13H24N2O3/c1-3-11-6-9-15(10-7-11)13(17)14-8-5-12(16)18-4-2/h11H,3-10H2,1-2H3,(H,14,17). The fourth-order valence-electron chi connectivity index (χ4n) is 2.16. The van der Waals surface area contributed by atoms with E-state index in [0.29, 0.717) is 13.2 Å². The van der Waals surface area contributed by atoms with Gasteiger partial charge in [-0.3, -0.25) is 4.79 Å². The van der Waals surface area contributed by atoms with Crippen LogP contribution in [0.4, 0.5) is 4.79 Å². The Morgan fingerprint density at radius 3 is 2.50 bits per heavy atom. The van der Waals surface area contributed by atoms with Crippen LogP contribution >= 0.6 is 0 Å². The van der Waals surface area contributed by atoms with Gasteiger partial charge in [-0.15, -0.1) is 0 Å². The van der Waals surface area contributed by atoms with Gasteiger partial charge < -0.3 is 15.0 Å². The minimum atomic E-state index is -0.262. The maximum absolute atomic E-state index is 11.8. The SMILES string of the molecule is CCOC(=O)CCNC(=O)N1CCC(CC)CC1. The summed E-state index contributed by atoms with van der Waals surface area (Å²) < 4.78 is 4.79. The lowest BCUT2D eigenvalue weighted by Gasteiger charge is -2.31. The number of amides is 2. The maximum atomic E-state index is 11.8. The Morgan fingerprint density at radius 1 is 1.28 bits per heavy atom. The number of esters is 1. The first kappa shape index (κ1) is 14.8. The average Bonchev–Trinajstić information content (AvgIpc) is 2.39. The van der Waals surface area contributed by atoms with Crippen LogP contribution in [0.3, 0.4) is 0 Å². The summed E-state index contributed by atoms with van der Waals surface area (Å²) in [6.45, 7) is 6.35. The highest BCUT2D eigenvalue weighted by molar-refractivity contribution is 5.75. The van der Waals surface area contributed by atoms with E-state index >= 15 is 0 Å². The lowest BCUT2D eigenvalue weighted by atomic mass is 9.95. The molecule has 1 heterocycles. The molecule has 0 bridgehead atoms. The monoisotopic (exact) mass is 256 g/mol. The van der Waals surface area contributed by atoms with Crippen LogP contribution in [0.2, 0.25) is 0 Å². The molecule has 0 unspecified atom stereocenters. The van der Waals surface area contributed by atoms with E-state index in [1.807, 2.05) is 4.90 Å². The highest BCUT2D eigenvalue weighted by Crippen LogP contribution is 2.19. The Labute approximate surface area is 109 Å². The minimum absolute atomic E-state index is 0.0612. The van der Waals surface area contributed by atoms with Crippen LogP contribution in [0.5, 0.6) is 0 Å². The average molecular weight is 256 g/mol. The number of hydrogen-bond donors (Lipinski definition) is 1. The van der Waals surface area contributed by atoms with Gasteiger partial charge in [0.15, 0.2) is 0 Å². The molecule has 0 aromatic heterocycles. The number of carbonyl (C=O) groups is 2. The highest BCUT2D eigenvalue weighted by atomic mass is 16.5. The number of ether oxygens (including phenoxy) is 1. The molecule has 1 fully saturated rings. The van der Waals surface area contributed by atoms with Gasteiger partial charge in [0.05, 0.1) is 13.0 Å². The van der Waals surface area contributed by atoms with Crippen LogP contribution < -0.4 is 5.32 Å². The van der Waals surface area contributed by atoms with Gasteiger partial charge in [0, 0.05) is 19.6 Å². The fourth-order valence-corrected chi connectivity index (χ4v) is 2.16. The predicted molar refractivity (Wildman–Crippen MR) is 69.2 cm³/mol. The van der Waals surface area contributed by atoms with Gasteiger partial charge in [0.1, 0.15) is 0 Å². The number of rotatable bonds is 5. The molecule has 1 saturated heterocycles. The molecule has 18 heavy (non-hydrogen) atoms. The quantitative estimate of drug-likeness (QED) is 0.763. The Kier molecular flexibility index (Phi) is 6.54. The molecule has 2 amide bonds. The van der Waals surface area contributed by atoms with Crippen LogP contribution in [0.1, 0.15) is 39.5 Å². The summed E-state index contributed by atoms with van der Waals surface area (Å²) in [7, 11) is 0. The van der Waals surface area contributed by atoms with E-state index in [9.17, 15) is 9.59 Å². The maximum Gasteiger partial charge on any atom is 0.317 e. The fraction of sp³-hybridized carbons (Fsp3) is 0.846. The van der Waals surface area contributed by atoms with E-state index < -0.39 is 0 Å². The number of urea groups is 1. The summed E-state index contributed by atoms with van der Waals surface area (Å²) in [6, 6.07) is -0.0612. The van der Waals surface area contributed by atoms with E-state index in [0.717, 1.165) is 31.8 Å². The molecule has 0 aromatic rings. The van der Waals surface area contributed by atoms with Crippen LogP contribution in [0.15, 0.2) is 0 Å². The molecule has 0 radical (unpaired) electrons. The zero-order valence-corrected chi connectivity index (χ0v) is 11.4. The lowest BCUT2D eigenvalue weighted by Crippen LogP contribution is -2.44. The molecule has 104 valence electrons. The zero-order valence-electron chi connectivity index (χ0n) is 11.4. The normalized spacial score (nSPS) is 16.4. The molecule has 1 N–H and O–H groups in total. The number of piperidine rings is 1. The van der Waals surface area contributed by atoms with Crippen LogP contribution in [0, 0.1) is 5.92 Å². The molecule has 1 aliphatic heterocycles. The lowest BCUT2D eigenvalue weighted by molar-refractivity contribution is -0.142. The second kappa shape index (κ2) is 7.95. The Morgan fingerprint density at radius 2 is 1.94 bits per heavy atom. The molecule has 0 spiro atoms. The van der Waals surface area contributed by atoms with Gasteiger partial charge >= 0.3 is 12.0 Å². The summed E-state index contributed by atoms with van der Waals surface area (Å²) >= 11 is 0. The second-order valence-corrected chi connectivity index (χ2v) is 4.63. The summed E-state index contributed by atoms with van der Waals surface area (Å²) in [5.74, 6) is 0.496. The van der Waals surface area contributed by atoms with Gasteiger partial charge in [-0.05, 0) is 25.7 Å². The third-order valence-electron chi connectivity index (χ3n) is 3.39. The van der Waals surface area contributed by atoms with E-state index in [-0.39, 0.29) is 18.4 Å². The van der Waals surface area contributed by atoms with Crippen molar-refractivity contribution in [3.05, 3.63) is 0 Å². The third-order valence-corrected chi connectivity index (χ3v) is 3.39. The largest absolute Gasteiger partial charge is 0.466 e. The van der Waals surface area contributed by atoms with E-state index in [2.05, 4.69) is 12.2 Å². The minimum Gasteiger partial charge on any atom is -0.466 e. The molecule has 0 aliphatic carbocycles. The van der Waals surface area contributed by atoms with Crippen molar-refractivity contribution in [2.75, 3.05) is 26.2 Å². The van der Waals surface area contributed by atoms with E-state index in [1.165, 1.54) is 6.42 Å². The first-order chi connectivity index (χ1) is 8.67. The van der Waals surface area contributed by atoms with Crippen LogP contribution in [-0.2, 0) is 9.53 Å². The van der Waals surface area contributed by atoms with Crippen molar-refractivity contribution >= 4 is 12.0 Å². The van der Waals surface area contributed by atoms with Crippen molar-refractivity contribution in [1.29, 1.82) is 0 Å². The number of nitrogens with zero attached hydrogens (tertiary/aromatic N) is 1. The molecular weight excluding hydrogens is 232 g/mol. The van der Waals surface area contributed by atoms with Crippen molar-refractivity contribution < 1.29 is 14.3 Å². The molecule has 1 rings (SSSR count). The van der Waals surface area contributed by atoms with Crippen LogP contribution in [0.25, 0.3) is 0 Å². The molecule has 0 atom stereocenters. The van der Waals surface area contributed by atoms with Crippen LogP contribution in [-0.4, -0.2) is 43.1 Å². The topological polar surface area (TPSA) is 58.6 Å². The Bertz CT molecular complexity index is 273. The number of likely N-dealkylation sites (tertiary alicyclic amines) is 1. The highest BCUT2D eigenvalue weighted by Gasteiger charge is 2.21. The van der Waals surface area contributed by atoms with Gasteiger partial charge in [0.2, 0.25) is 0 Å². The zero-order chi connectivity index (χ0) is 13.4. The number of nitrogens with one attached hydrogen (secondary N) is 1. The van der Waals surface area contributed by atoms with Crippen molar-refractivity contribution in [3.63, 3.8) is 0 Å². The van der Waals surface area contributed by atoms with Crippen molar-refractivity contribution in [2.24, 2.45) is 5.92 Å². The molecule has 5 nitrogen and oxygen atoms in total. The molecule has 0 saturated carbocycles. The summed E-state index contributed by atoms with van der Waals surface area (Å²) in [5, 5.41) is 2.76. The molecule has 0 aromatic carbocycles. The number of carbonyl (C=O) groups excluding carboxylic acids is 2. The van der Waals surface area contributed by atoms with E-state index in [1.54, 1.807) is 6.92 Å². The molecule has 5 heteroatoms. The molecule has 1 aliphatic rings. The summed E-state index contributed by atoms with van der Waals surface area (Å²) in [4.78, 5) is 24.7. The van der Waals surface area contributed by atoms with Gasteiger partial charge in [-0.25, -0.2) is 4.79 Å². The van der Waals surface area contributed by atoms with Gasteiger partial charge in [-0.2, -0.15) is 0 Å². The van der Waals surface area contributed by atoms with Crippen molar-refractivity contribution in [3.8, 4) is 0 Å². The number of hydrogen-bond acceptors (Lipinski definition) is 3. The van der Waals surface area contributed by atoms with Gasteiger partial charge in [0.25, 0.3) is 0 Å². The Balaban J connectivity index is 2.15. The third kappa shape index (κ3) is 4.94. The first-order valence-electron chi connectivity index (χ1n) is 6.85. The first-order valence-corrected chi connectivity index (χ1v) is 6.85. The van der Waals surface area contributed by atoms with E-state index in [4.69, 9.17) is 4.74 Å². The van der Waals surface area contributed by atoms with Gasteiger partial charge in [-0.1, -0.05) is 13.3 Å². The smallest absolute Gasteiger partial charge is 0.317 e. The summed E-state index contributed by atoms with van der Waals surface area (Å²) in [5.41, 5.74) is 0.